The van der Waals surface area contributed by atoms with Gasteiger partial charge in [0.25, 0.3) is 0 Å². The van der Waals surface area contributed by atoms with Gasteiger partial charge in [-0.05, 0) is 54.7 Å². The van der Waals surface area contributed by atoms with Gasteiger partial charge in [-0.2, -0.15) is 0 Å². The first-order chi connectivity index (χ1) is 9.33. The molecule has 1 aliphatic rings. The number of nitrogens with zero attached hydrogens (tertiary/aromatic N) is 1. The summed E-state index contributed by atoms with van der Waals surface area (Å²) < 4.78 is 0. The van der Waals surface area contributed by atoms with E-state index in [4.69, 9.17) is 11.6 Å². The van der Waals surface area contributed by atoms with Crippen molar-refractivity contribution in [3.8, 4) is 11.1 Å². The largest absolute Gasteiger partial charge is 0.372 e. The van der Waals surface area contributed by atoms with Crippen molar-refractivity contribution in [3.05, 3.63) is 53.6 Å². The first kappa shape index (κ1) is 12.6. The van der Waals surface area contributed by atoms with Gasteiger partial charge >= 0.3 is 0 Å². The van der Waals surface area contributed by atoms with Crippen LogP contribution in [-0.2, 0) is 0 Å². The highest BCUT2D eigenvalue weighted by Gasteiger charge is 2.10. The molecule has 2 aromatic carbocycles. The summed E-state index contributed by atoms with van der Waals surface area (Å²) >= 11 is 5.92. The van der Waals surface area contributed by atoms with E-state index in [9.17, 15) is 0 Å². The Bertz CT molecular complexity index is 524. The number of benzene rings is 2. The summed E-state index contributed by atoms with van der Waals surface area (Å²) in [5.41, 5.74) is 3.81. The molecule has 1 heterocycles. The van der Waals surface area contributed by atoms with Gasteiger partial charge in [-0.3, -0.25) is 0 Å². The van der Waals surface area contributed by atoms with Gasteiger partial charge in [-0.1, -0.05) is 35.9 Å². The van der Waals surface area contributed by atoms with Crippen LogP contribution in [0.15, 0.2) is 48.5 Å². The molecule has 1 saturated heterocycles. The van der Waals surface area contributed by atoms with Gasteiger partial charge in [-0.25, -0.2) is 0 Å². The normalized spacial score (nSPS) is 15.5. The van der Waals surface area contributed by atoms with Gasteiger partial charge in [0.15, 0.2) is 0 Å². The van der Waals surface area contributed by atoms with Crippen LogP contribution in [0.25, 0.3) is 11.1 Å². The molecule has 0 saturated carbocycles. The smallest absolute Gasteiger partial charge is 0.0406 e. The molecule has 2 aromatic rings. The second-order valence-electron chi connectivity index (χ2n) is 5.10. The minimum Gasteiger partial charge on any atom is -0.372 e. The molecule has 0 unspecified atom stereocenters. The lowest BCUT2D eigenvalue weighted by Crippen LogP contribution is -2.29. The fourth-order valence-electron chi connectivity index (χ4n) is 2.66. The Balaban J connectivity index is 1.80. The molecule has 0 aromatic heterocycles. The first-order valence-corrected chi connectivity index (χ1v) is 7.32. The van der Waals surface area contributed by atoms with E-state index in [1.807, 2.05) is 12.1 Å². The number of piperidine rings is 1. The highest BCUT2D eigenvalue weighted by molar-refractivity contribution is 6.30. The van der Waals surface area contributed by atoms with Gasteiger partial charge in [0.1, 0.15) is 0 Å². The van der Waals surface area contributed by atoms with Crippen LogP contribution < -0.4 is 4.90 Å². The molecule has 3 rings (SSSR count). The maximum absolute atomic E-state index is 5.92. The van der Waals surface area contributed by atoms with E-state index in [-0.39, 0.29) is 0 Å². The summed E-state index contributed by atoms with van der Waals surface area (Å²) in [7, 11) is 0. The molecular weight excluding hydrogens is 254 g/mol. The van der Waals surface area contributed by atoms with Crippen LogP contribution in [0.3, 0.4) is 0 Å². The molecule has 0 bridgehead atoms. The second-order valence-corrected chi connectivity index (χ2v) is 5.54. The second kappa shape index (κ2) is 5.66. The molecule has 1 fully saturated rings. The molecule has 0 radical (unpaired) electrons. The summed E-state index contributed by atoms with van der Waals surface area (Å²) in [4.78, 5) is 2.48. The quantitative estimate of drug-likeness (QED) is 0.743. The van der Waals surface area contributed by atoms with Crippen LogP contribution in [0.4, 0.5) is 5.69 Å². The fraction of sp³-hybridized carbons (Fsp3) is 0.294. The van der Waals surface area contributed by atoms with E-state index in [1.165, 1.54) is 49.2 Å². The zero-order valence-corrected chi connectivity index (χ0v) is 11.7. The molecule has 19 heavy (non-hydrogen) atoms. The van der Waals surface area contributed by atoms with Crippen LogP contribution in [0.2, 0.25) is 5.02 Å². The Labute approximate surface area is 119 Å². The lowest BCUT2D eigenvalue weighted by atomic mass is 10.0. The Morgan fingerprint density at radius 1 is 0.684 bits per heavy atom. The van der Waals surface area contributed by atoms with Gasteiger partial charge < -0.3 is 4.90 Å². The van der Waals surface area contributed by atoms with E-state index in [0.29, 0.717) is 0 Å². The minimum absolute atomic E-state index is 0.786. The first-order valence-electron chi connectivity index (χ1n) is 6.94. The predicted molar refractivity (Wildman–Crippen MR) is 83.0 cm³/mol. The average molecular weight is 272 g/mol. The highest BCUT2D eigenvalue weighted by Crippen LogP contribution is 2.26. The van der Waals surface area contributed by atoms with E-state index in [1.54, 1.807) is 0 Å². The number of anilines is 1. The van der Waals surface area contributed by atoms with Crippen molar-refractivity contribution in [2.75, 3.05) is 18.0 Å². The molecular formula is C17H18ClN. The monoisotopic (exact) mass is 271 g/mol. The molecule has 0 aliphatic carbocycles. The third-order valence-electron chi connectivity index (χ3n) is 3.77. The fourth-order valence-corrected chi connectivity index (χ4v) is 2.79. The van der Waals surface area contributed by atoms with E-state index < -0.39 is 0 Å². The van der Waals surface area contributed by atoms with Gasteiger partial charge in [0.05, 0.1) is 0 Å². The van der Waals surface area contributed by atoms with Crippen molar-refractivity contribution in [2.24, 2.45) is 0 Å². The van der Waals surface area contributed by atoms with Gasteiger partial charge in [0, 0.05) is 23.8 Å². The lowest BCUT2D eigenvalue weighted by molar-refractivity contribution is 0.578. The topological polar surface area (TPSA) is 3.24 Å². The molecule has 98 valence electrons. The minimum atomic E-state index is 0.786. The Hall–Kier alpha value is -1.47. The third kappa shape index (κ3) is 2.93. The molecule has 0 N–H and O–H groups in total. The van der Waals surface area contributed by atoms with Crippen LogP contribution in [0, 0.1) is 0 Å². The summed E-state index contributed by atoms with van der Waals surface area (Å²) in [6.45, 7) is 2.39. The predicted octanol–water partition coefficient (Wildman–Crippen LogP) is 5.00. The average Bonchev–Trinajstić information content (AvgIpc) is 2.49. The van der Waals surface area contributed by atoms with Crippen molar-refractivity contribution in [1.82, 2.24) is 0 Å². The molecule has 0 spiro atoms. The van der Waals surface area contributed by atoms with Crippen molar-refractivity contribution in [2.45, 2.75) is 19.3 Å². The van der Waals surface area contributed by atoms with E-state index in [0.717, 1.165) is 5.02 Å². The summed E-state index contributed by atoms with van der Waals surface area (Å²) in [6.07, 6.45) is 4.01. The van der Waals surface area contributed by atoms with E-state index in [2.05, 4.69) is 41.3 Å². The molecule has 2 heteroatoms. The van der Waals surface area contributed by atoms with Crippen molar-refractivity contribution < 1.29 is 0 Å². The molecule has 0 amide bonds. The third-order valence-corrected chi connectivity index (χ3v) is 4.02. The molecule has 1 aliphatic heterocycles. The number of halogens is 1. The van der Waals surface area contributed by atoms with Crippen LogP contribution in [0.5, 0.6) is 0 Å². The number of rotatable bonds is 2. The standard InChI is InChI=1S/C17H18ClN/c18-16-8-4-14(5-9-16)15-6-10-17(11-7-15)19-12-2-1-3-13-19/h4-11H,1-3,12-13H2. The van der Waals surface area contributed by atoms with E-state index >= 15 is 0 Å². The SMILES string of the molecule is Clc1ccc(-c2ccc(N3CCCCC3)cc2)cc1. The van der Waals surface area contributed by atoms with Gasteiger partial charge in [-0.15, -0.1) is 0 Å². The number of hydrogen-bond acceptors (Lipinski definition) is 1. The van der Waals surface area contributed by atoms with Gasteiger partial charge in [0.2, 0.25) is 0 Å². The molecule has 1 nitrogen and oxygen atoms in total. The number of hydrogen-bond donors (Lipinski definition) is 0. The summed E-state index contributed by atoms with van der Waals surface area (Å²) in [5, 5.41) is 0.786. The zero-order valence-electron chi connectivity index (χ0n) is 11.0. The zero-order chi connectivity index (χ0) is 13.1. The Kier molecular flexibility index (Phi) is 3.74. The summed E-state index contributed by atoms with van der Waals surface area (Å²) in [5.74, 6) is 0. The van der Waals surface area contributed by atoms with Crippen molar-refractivity contribution in [3.63, 3.8) is 0 Å². The Morgan fingerprint density at radius 3 is 1.79 bits per heavy atom. The Morgan fingerprint density at radius 2 is 1.21 bits per heavy atom. The molecule has 0 atom stereocenters. The van der Waals surface area contributed by atoms with Crippen LogP contribution >= 0.6 is 11.6 Å². The van der Waals surface area contributed by atoms with Crippen molar-refractivity contribution >= 4 is 17.3 Å². The van der Waals surface area contributed by atoms with Crippen LogP contribution in [0.1, 0.15) is 19.3 Å². The maximum Gasteiger partial charge on any atom is 0.0406 e. The summed E-state index contributed by atoms with van der Waals surface area (Å²) in [6, 6.07) is 16.9. The lowest BCUT2D eigenvalue weighted by Gasteiger charge is -2.28. The van der Waals surface area contributed by atoms with Crippen molar-refractivity contribution in [1.29, 1.82) is 0 Å². The highest BCUT2D eigenvalue weighted by atomic mass is 35.5. The maximum atomic E-state index is 5.92. The van der Waals surface area contributed by atoms with Crippen LogP contribution in [-0.4, -0.2) is 13.1 Å².